The van der Waals surface area contributed by atoms with E-state index in [0.29, 0.717) is 6.54 Å². The Balaban J connectivity index is 0. The van der Waals surface area contributed by atoms with Crippen LogP contribution in [0.25, 0.3) is 0 Å². The monoisotopic (exact) mass is 389 g/mol. The summed E-state index contributed by atoms with van der Waals surface area (Å²) in [7, 11) is 0. The van der Waals surface area contributed by atoms with Crippen LogP contribution in [0.15, 0.2) is 24.3 Å². The minimum atomic E-state index is -4.35. The van der Waals surface area contributed by atoms with Crippen LogP contribution in [0.1, 0.15) is 31.0 Å². The molecule has 9 heteroatoms. The number of carbonyl (C=O) groups is 1. The molecule has 0 aliphatic carbocycles. The second kappa shape index (κ2) is 11.5. The van der Waals surface area contributed by atoms with Crippen molar-refractivity contribution in [1.29, 1.82) is 0 Å². The summed E-state index contributed by atoms with van der Waals surface area (Å²) in [5.74, 6) is -0.288. The molecule has 0 saturated carbocycles. The molecule has 0 aromatic heterocycles. The average molecular weight is 390 g/mol. The summed E-state index contributed by atoms with van der Waals surface area (Å²) in [5.41, 5.74) is 5.31. The van der Waals surface area contributed by atoms with Gasteiger partial charge in [0.25, 0.3) is 0 Å². The molecule has 140 valence electrons. The molecule has 0 fully saturated rings. The molecule has 0 saturated heterocycles. The Labute approximate surface area is 152 Å². The van der Waals surface area contributed by atoms with Crippen LogP contribution in [0.5, 0.6) is 0 Å². The Morgan fingerprint density at radius 2 is 1.67 bits per heavy atom. The minimum absolute atomic E-state index is 0. The molecule has 0 aliphatic rings. The molecule has 1 amide bonds. The number of alkyl halides is 3. The number of nitrogens with zero attached hydrogens (tertiary/aromatic N) is 1. The number of halogens is 5. The van der Waals surface area contributed by atoms with Gasteiger partial charge in [-0.15, -0.1) is 24.8 Å². The van der Waals surface area contributed by atoms with Gasteiger partial charge in [0.1, 0.15) is 0 Å². The highest BCUT2D eigenvalue weighted by atomic mass is 35.5. The lowest BCUT2D eigenvalue weighted by molar-refractivity contribution is -0.137. The zero-order chi connectivity index (χ0) is 16.8. The van der Waals surface area contributed by atoms with E-state index >= 15 is 0 Å². The average Bonchev–Trinajstić information content (AvgIpc) is 2.50. The van der Waals surface area contributed by atoms with Crippen LogP contribution in [0.3, 0.4) is 0 Å². The first-order chi connectivity index (χ1) is 10.3. The highest BCUT2D eigenvalue weighted by molar-refractivity contribution is 5.85. The largest absolute Gasteiger partial charge is 0.416 e. The molecule has 0 radical (unpaired) electrons. The lowest BCUT2D eigenvalue weighted by Crippen LogP contribution is -2.40. The first kappa shape index (κ1) is 25.2. The molecule has 24 heavy (non-hydrogen) atoms. The van der Waals surface area contributed by atoms with E-state index in [1.165, 1.54) is 12.1 Å². The highest BCUT2D eigenvalue weighted by Crippen LogP contribution is 2.30. The smallest absolute Gasteiger partial charge is 0.353 e. The zero-order valence-corrected chi connectivity index (χ0v) is 15.2. The van der Waals surface area contributed by atoms with Gasteiger partial charge in [-0.3, -0.25) is 9.69 Å². The van der Waals surface area contributed by atoms with Gasteiger partial charge in [0, 0.05) is 6.54 Å². The number of likely N-dealkylation sites (N-methyl/N-ethyl adjacent to an activating group) is 1. The van der Waals surface area contributed by atoms with Gasteiger partial charge in [-0.05, 0) is 30.8 Å². The van der Waals surface area contributed by atoms with Gasteiger partial charge < -0.3 is 11.1 Å². The van der Waals surface area contributed by atoms with Crippen molar-refractivity contribution in [2.24, 2.45) is 5.73 Å². The van der Waals surface area contributed by atoms with Crippen LogP contribution in [0, 0.1) is 0 Å². The Bertz CT molecular complexity index is 480. The number of rotatable bonds is 7. The number of nitrogens with one attached hydrogen (secondary N) is 1. The maximum Gasteiger partial charge on any atom is 0.416 e. The second-order valence-corrected chi connectivity index (χ2v) is 4.86. The van der Waals surface area contributed by atoms with Gasteiger partial charge in [-0.2, -0.15) is 13.2 Å². The fraction of sp³-hybridized carbons (Fsp3) is 0.533. The molecule has 4 nitrogen and oxygen atoms in total. The third kappa shape index (κ3) is 7.25. The summed E-state index contributed by atoms with van der Waals surface area (Å²) < 4.78 is 37.9. The first-order valence-electron chi connectivity index (χ1n) is 7.21. The summed E-state index contributed by atoms with van der Waals surface area (Å²) in [6.45, 7) is 5.57. The van der Waals surface area contributed by atoms with Gasteiger partial charge >= 0.3 is 6.18 Å². The van der Waals surface area contributed by atoms with Gasteiger partial charge in [-0.25, -0.2) is 0 Å². The van der Waals surface area contributed by atoms with Crippen LogP contribution in [-0.2, 0) is 11.0 Å². The van der Waals surface area contributed by atoms with E-state index in [1.807, 2.05) is 13.8 Å². The van der Waals surface area contributed by atoms with Crippen molar-refractivity contribution in [3.05, 3.63) is 35.4 Å². The van der Waals surface area contributed by atoms with Gasteiger partial charge in [0.15, 0.2) is 0 Å². The Morgan fingerprint density at radius 1 is 1.17 bits per heavy atom. The van der Waals surface area contributed by atoms with E-state index in [4.69, 9.17) is 5.73 Å². The van der Waals surface area contributed by atoms with E-state index < -0.39 is 11.7 Å². The van der Waals surface area contributed by atoms with Gasteiger partial charge in [-0.1, -0.05) is 26.0 Å². The number of amides is 1. The quantitative estimate of drug-likeness (QED) is 0.753. The molecule has 0 aliphatic heterocycles. The lowest BCUT2D eigenvalue weighted by Gasteiger charge is -2.30. The summed E-state index contributed by atoms with van der Waals surface area (Å²) >= 11 is 0. The lowest BCUT2D eigenvalue weighted by atomic mass is 10.0. The minimum Gasteiger partial charge on any atom is -0.353 e. The first-order valence-corrected chi connectivity index (χ1v) is 7.21. The van der Waals surface area contributed by atoms with Crippen molar-refractivity contribution in [2.45, 2.75) is 26.1 Å². The fourth-order valence-corrected chi connectivity index (χ4v) is 2.30. The normalized spacial score (nSPS) is 12.1. The molecule has 0 heterocycles. The van der Waals surface area contributed by atoms with Crippen molar-refractivity contribution in [2.75, 3.05) is 26.2 Å². The van der Waals surface area contributed by atoms with Crippen LogP contribution in [0.2, 0.25) is 0 Å². The fourth-order valence-electron chi connectivity index (χ4n) is 2.30. The van der Waals surface area contributed by atoms with Crippen LogP contribution in [0.4, 0.5) is 13.2 Å². The van der Waals surface area contributed by atoms with Crippen molar-refractivity contribution in [3.8, 4) is 0 Å². The highest BCUT2D eigenvalue weighted by Gasteiger charge is 2.30. The third-order valence-electron chi connectivity index (χ3n) is 3.55. The van der Waals surface area contributed by atoms with E-state index in [-0.39, 0.29) is 43.3 Å². The van der Waals surface area contributed by atoms with Crippen molar-refractivity contribution < 1.29 is 18.0 Å². The molecule has 1 aromatic rings. The summed E-state index contributed by atoms with van der Waals surface area (Å²) in [6.07, 6.45) is -4.35. The molecule has 0 bridgehead atoms. The molecule has 3 N–H and O–H groups in total. The summed E-state index contributed by atoms with van der Waals surface area (Å²) in [4.78, 5) is 13.4. The summed E-state index contributed by atoms with van der Waals surface area (Å²) in [5, 5.41) is 2.70. The Morgan fingerprint density at radius 3 is 2.04 bits per heavy atom. The number of carbonyl (C=O) groups excluding carboxylic acids is 1. The van der Waals surface area contributed by atoms with Gasteiger partial charge in [0.05, 0.1) is 18.2 Å². The van der Waals surface area contributed by atoms with Gasteiger partial charge in [0.2, 0.25) is 5.91 Å². The number of hydrogen-bond donors (Lipinski definition) is 2. The molecular weight excluding hydrogens is 366 g/mol. The maximum absolute atomic E-state index is 12.6. The number of benzene rings is 1. The predicted octanol–water partition coefficient (Wildman–Crippen LogP) is 3.01. The Hall–Kier alpha value is -1.02. The zero-order valence-electron chi connectivity index (χ0n) is 13.6. The van der Waals surface area contributed by atoms with Crippen LogP contribution >= 0.6 is 24.8 Å². The molecule has 1 aromatic carbocycles. The van der Waals surface area contributed by atoms with E-state index in [0.717, 1.165) is 30.8 Å². The number of hydrogen-bond acceptors (Lipinski definition) is 3. The van der Waals surface area contributed by atoms with Crippen molar-refractivity contribution in [3.63, 3.8) is 0 Å². The Kier molecular flexibility index (Phi) is 12.1. The second-order valence-electron chi connectivity index (χ2n) is 4.86. The third-order valence-corrected chi connectivity index (χ3v) is 3.55. The van der Waals surface area contributed by atoms with E-state index in [1.54, 1.807) is 0 Å². The SMILES string of the molecule is CCN(CC)C(CNC(=O)CN)c1ccc(C(F)(F)F)cc1.Cl.Cl. The summed E-state index contributed by atoms with van der Waals surface area (Å²) in [6, 6.07) is 4.86. The molecular formula is C15H24Cl2F3N3O. The van der Waals surface area contributed by atoms with Crippen LogP contribution < -0.4 is 11.1 Å². The standard InChI is InChI=1S/C15H22F3N3O.2ClH/c1-3-21(4-2)13(10-20-14(22)9-19)11-5-7-12(8-6-11)15(16,17)18;;/h5-8,13H,3-4,9-10,19H2,1-2H3,(H,20,22);2*1H. The molecule has 1 rings (SSSR count). The predicted molar refractivity (Wildman–Crippen MR) is 93.7 cm³/mol. The van der Waals surface area contributed by atoms with E-state index in [9.17, 15) is 18.0 Å². The molecule has 1 atom stereocenters. The van der Waals surface area contributed by atoms with Crippen molar-refractivity contribution in [1.82, 2.24) is 10.2 Å². The topological polar surface area (TPSA) is 58.4 Å². The van der Waals surface area contributed by atoms with Crippen LogP contribution in [-0.4, -0.2) is 37.0 Å². The molecule has 1 unspecified atom stereocenters. The van der Waals surface area contributed by atoms with Crippen molar-refractivity contribution >= 4 is 30.7 Å². The van der Waals surface area contributed by atoms with E-state index in [2.05, 4.69) is 10.2 Å². The maximum atomic E-state index is 12.6. The molecule has 0 spiro atoms. The number of nitrogens with two attached hydrogens (primary N) is 1.